The lowest BCUT2D eigenvalue weighted by Crippen LogP contribution is -2.32. The molecule has 2 rings (SSSR count). The van der Waals surface area contributed by atoms with Gasteiger partial charge in [-0.05, 0) is 32.4 Å². The number of rotatable bonds is 7. The van der Waals surface area contributed by atoms with E-state index in [0.717, 1.165) is 24.4 Å². The van der Waals surface area contributed by atoms with Gasteiger partial charge in [-0.25, -0.2) is 9.67 Å². The van der Waals surface area contributed by atoms with Crippen LogP contribution in [0.15, 0.2) is 30.6 Å². The molecule has 1 atom stereocenters. The van der Waals surface area contributed by atoms with Gasteiger partial charge < -0.3 is 5.32 Å². The zero-order valence-corrected chi connectivity index (χ0v) is 13.5. The summed E-state index contributed by atoms with van der Waals surface area (Å²) >= 11 is 0. The van der Waals surface area contributed by atoms with Crippen molar-refractivity contribution in [2.75, 3.05) is 0 Å². The zero-order chi connectivity index (χ0) is 15.9. The summed E-state index contributed by atoms with van der Waals surface area (Å²) in [5.41, 5.74) is 1.41. The molecule has 0 aliphatic heterocycles. The fourth-order valence-electron chi connectivity index (χ4n) is 2.42. The average Bonchev–Trinajstić information content (AvgIpc) is 2.90. The highest BCUT2D eigenvalue weighted by atomic mass is 16.1. The normalized spacial score (nSPS) is 12.1. The molecule has 0 fully saturated rings. The van der Waals surface area contributed by atoms with Crippen LogP contribution in [0, 0.1) is 6.92 Å². The van der Waals surface area contributed by atoms with Gasteiger partial charge in [-0.3, -0.25) is 4.79 Å². The maximum Gasteiger partial charge on any atom is 0.254 e. The van der Waals surface area contributed by atoms with E-state index in [2.05, 4.69) is 22.3 Å². The number of carbonyl (C=O) groups excluding carboxylic acids is 1. The molecule has 0 aliphatic carbocycles. The zero-order valence-electron chi connectivity index (χ0n) is 13.5. The van der Waals surface area contributed by atoms with Gasteiger partial charge in [0.2, 0.25) is 0 Å². The van der Waals surface area contributed by atoms with Crippen LogP contribution < -0.4 is 5.32 Å². The van der Waals surface area contributed by atoms with Crippen molar-refractivity contribution in [1.82, 2.24) is 20.1 Å². The van der Waals surface area contributed by atoms with E-state index in [-0.39, 0.29) is 11.9 Å². The molecule has 2 aromatic rings. The second-order valence-electron chi connectivity index (χ2n) is 5.61. The fraction of sp³-hybridized carbons (Fsp3) is 0.471. The Bertz CT molecular complexity index is 606. The number of nitrogens with one attached hydrogen (secondary N) is 1. The molecule has 1 N–H and O–H groups in total. The average molecular weight is 300 g/mol. The van der Waals surface area contributed by atoms with Crippen LogP contribution in [0.3, 0.4) is 0 Å². The predicted octanol–water partition coefficient (Wildman–Crippen LogP) is 3.27. The number of hydrogen-bond donors (Lipinski definition) is 1. The Morgan fingerprint density at radius 2 is 2.18 bits per heavy atom. The second-order valence-corrected chi connectivity index (χ2v) is 5.61. The van der Waals surface area contributed by atoms with Gasteiger partial charge in [0, 0.05) is 12.2 Å². The summed E-state index contributed by atoms with van der Waals surface area (Å²) in [5.74, 6) is 0.652. The lowest BCUT2D eigenvalue weighted by molar-refractivity contribution is 0.0937. The second kappa shape index (κ2) is 7.73. The molecule has 2 heterocycles. The number of amides is 1. The van der Waals surface area contributed by atoms with Crippen LogP contribution in [0.2, 0.25) is 0 Å². The van der Waals surface area contributed by atoms with Crippen molar-refractivity contribution in [2.45, 2.75) is 52.5 Å². The molecular formula is C17H24N4O. The Morgan fingerprint density at radius 3 is 2.86 bits per heavy atom. The smallest absolute Gasteiger partial charge is 0.254 e. The summed E-state index contributed by atoms with van der Waals surface area (Å²) in [7, 11) is 0. The fourth-order valence-corrected chi connectivity index (χ4v) is 2.42. The molecule has 0 bridgehead atoms. The van der Waals surface area contributed by atoms with Crippen LogP contribution in [0.4, 0.5) is 0 Å². The first-order valence-electron chi connectivity index (χ1n) is 7.90. The minimum Gasteiger partial charge on any atom is -0.349 e. The van der Waals surface area contributed by atoms with Crippen molar-refractivity contribution in [3.05, 3.63) is 41.9 Å². The Hall–Kier alpha value is -2.17. The maximum absolute atomic E-state index is 12.4. The maximum atomic E-state index is 12.4. The van der Waals surface area contributed by atoms with Crippen LogP contribution in [0.5, 0.6) is 0 Å². The van der Waals surface area contributed by atoms with Crippen LogP contribution in [-0.2, 0) is 0 Å². The molecule has 0 aliphatic rings. The minimum atomic E-state index is -0.0660. The van der Waals surface area contributed by atoms with E-state index < -0.39 is 0 Å². The largest absolute Gasteiger partial charge is 0.349 e. The van der Waals surface area contributed by atoms with Crippen molar-refractivity contribution in [3.63, 3.8) is 0 Å². The lowest BCUT2D eigenvalue weighted by Gasteiger charge is -2.13. The van der Waals surface area contributed by atoms with Crippen molar-refractivity contribution in [3.8, 4) is 5.82 Å². The Morgan fingerprint density at radius 1 is 1.36 bits per heavy atom. The number of pyridine rings is 1. The van der Waals surface area contributed by atoms with Gasteiger partial charge in [0.15, 0.2) is 5.82 Å². The summed E-state index contributed by atoms with van der Waals surface area (Å²) in [4.78, 5) is 16.6. The van der Waals surface area contributed by atoms with Crippen molar-refractivity contribution in [1.29, 1.82) is 0 Å². The lowest BCUT2D eigenvalue weighted by atomic mass is 10.1. The summed E-state index contributed by atoms with van der Waals surface area (Å²) in [6.45, 7) is 6.11. The number of nitrogens with zero attached hydrogens (tertiary/aromatic N) is 3. The Kier molecular flexibility index (Phi) is 5.69. The van der Waals surface area contributed by atoms with Crippen LogP contribution in [0.25, 0.3) is 5.82 Å². The summed E-state index contributed by atoms with van der Waals surface area (Å²) in [6, 6.07) is 5.80. The third-order valence-corrected chi connectivity index (χ3v) is 3.74. The van der Waals surface area contributed by atoms with Crippen LogP contribution >= 0.6 is 0 Å². The molecule has 0 spiro atoms. The molecule has 5 nitrogen and oxygen atoms in total. The Balaban J connectivity index is 2.04. The van der Waals surface area contributed by atoms with Crippen LogP contribution in [-0.4, -0.2) is 26.7 Å². The number of hydrogen-bond acceptors (Lipinski definition) is 3. The third-order valence-electron chi connectivity index (χ3n) is 3.74. The first-order valence-corrected chi connectivity index (χ1v) is 7.90. The molecule has 2 aromatic heterocycles. The van der Waals surface area contributed by atoms with Gasteiger partial charge in [0.25, 0.3) is 5.91 Å². The third kappa shape index (κ3) is 3.93. The minimum absolute atomic E-state index is 0.0660. The first-order chi connectivity index (χ1) is 10.6. The van der Waals surface area contributed by atoms with Crippen molar-refractivity contribution in [2.24, 2.45) is 0 Å². The van der Waals surface area contributed by atoms with Gasteiger partial charge in [0.05, 0.1) is 17.5 Å². The SMILES string of the molecule is CCCCCC(C)NC(=O)c1cnn(-c2ccccn2)c1C. The molecule has 0 radical (unpaired) electrons. The summed E-state index contributed by atoms with van der Waals surface area (Å²) in [5, 5.41) is 7.33. The number of aromatic nitrogens is 3. The highest BCUT2D eigenvalue weighted by Gasteiger charge is 2.17. The highest BCUT2D eigenvalue weighted by Crippen LogP contribution is 2.12. The van der Waals surface area contributed by atoms with E-state index in [1.807, 2.05) is 32.0 Å². The molecule has 22 heavy (non-hydrogen) atoms. The van der Waals surface area contributed by atoms with E-state index in [0.29, 0.717) is 5.56 Å². The molecule has 5 heteroatoms. The first kappa shape index (κ1) is 16.2. The van der Waals surface area contributed by atoms with E-state index in [1.165, 1.54) is 12.8 Å². The van der Waals surface area contributed by atoms with Gasteiger partial charge in [-0.15, -0.1) is 0 Å². The van der Waals surface area contributed by atoms with Gasteiger partial charge in [-0.1, -0.05) is 32.3 Å². The molecule has 1 unspecified atom stereocenters. The summed E-state index contributed by atoms with van der Waals surface area (Å²) in [6.07, 6.45) is 7.87. The van der Waals surface area contributed by atoms with E-state index in [1.54, 1.807) is 17.1 Å². The van der Waals surface area contributed by atoms with Crippen LogP contribution in [0.1, 0.15) is 55.6 Å². The van der Waals surface area contributed by atoms with E-state index >= 15 is 0 Å². The topological polar surface area (TPSA) is 59.8 Å². The van der Waals surface area contributed by atoms with E-state index in [9.17, 15) is 4.79 Å². The summed E-state index contributed by atoms with van der Waals surface area (Å²) < 4.78 is 1.69. The van der Waals surface area contributed by atoms with E-state index in [4.69, 9.17) is 0 Å². The molecule has 118 valence electrons. The quantitative estimate of drug-likeness (QED) is 0.798. The number of carbonyl (C=O) groups is 1. The molecule has 0 aromatic carbocycles. The molecule has 1 amide bonds. The van der Waals surface area contributed by atoms with Crippen molar-refractivity contribution < 1.29 is 4.79 Å². The standard InChI is InChI=1S/C17H24N4O/c1-4-5-6-9-13(2)20-17(22)15-12-19-21(14(15)3)16-10-7-8-11-18-16/h7-8,10-13H,4-6,9H2,1-3H3,(H,20,22). The monoisotopic (exact) mass is 300 g/mol. The van der Waals surface area contributed by atoms with Gasteiger partial charge in [-0.2, -0.15) is 5.10 Å². The molecular weight excluding hydrogens is 276 g/mol. The molecule has 0 saturated heterocycles. The Labute approximate surface area is 131 Å². The van der Waals surface area contributed by atoms with Gasteiger partial charge in [0.1, 0.15) is 0 Å². The van der Waals surface area contributed by atoms with Gasteiger partial charge >= 0.3 is 0 Å². The molecule has 0 saturated carbocycles. The van der Waals surface area contributed by atoms with Crippen molar-refractivity contribution >= 4 is 5.91 Å². The number of unbranched alkanes of at least 4 members (excludes halogenated alkanes) is 2. The highest BCUT2D eigenvalue weighted by molar-refractivity contribution is 5.95. The predicted molar refractivity (Wildman–Crippen MR) is 87.2 cm³/mol.